The Kier molecular flexibility index (Phi) is 4.50. The maximum absolute atomic E-state index is 13.1. The van der Waals surface area contributed by atoms with E-state index in [0.29, 0.717) is 17.9 Å². The SMILES string of the molecule is CN(Cc1ccc(Br)cc1)c1ncc(F)cc1CO. The molecule has 5 heteroatoms. The third-order valence-electron chi connectivity index (χ3n) is 2.77. The van der Waals surface area contributed by atoms with Gasteiger partial charge < -0.3 is 10.0 Å². The van der Waals surface area contributed by atoms with Gasteiger partial charge in [0.2, 0.25) is 0 Å². The highest BCUT2D eigenvalue weighted by Crippen LogP contribution is 2.20. The second kappa shape index (κ2) is 6.12. The Bertz CT molecular complexity index is 560. The number of anilines is 1. The first-order chi connectivity index (χ1) is 9.10. The first-order valence-electron chi connectivity index (χ1n) is 5.81. The molecule has 0 spiro atoms. The average molecular weight is 325 g/mol. The molecule has 0 aliphatic carbocycles. The van der Waals surface area contributed by atoms with Gasteiger partial charge in [-0.05, 0) is 23.8 Å². The van der Waals surface area contributed by atoms with Gasteiger partial charge in [0.1, 0.15) is 11.6 Å². The molecule has 2 rings (SSSR count). The summed E-state index contributed by atoms with van der Waals surface area (Å²) in [6.07, 6.45) is 1.16. The van der Waals surface area contributed by atoms with Gasteiger partial charge in [-0.1, -0.05) is 28.1 Å². The van der Waals surface area contributed by atoms with Gasteiger partial charge in [-0.25, -0.2) is 9.37 Å². The lowest BCUT2D eigenvalue weighted by Gasteiger charge is -2.20. The predicted molar refractivity (Wildman–Crippen MR) is 76.4 cm³/mol. The van der Waals surface area contributed by atoms with Crippen LogP contribution in [0.1, 0.15) is 11.1 Å². The van der Waals surface area contributed by atoms with Crippen molar-refractivity contribution in [3.05, 3.63) is 57.9 Å². The Labute approximate surface area is 119 Å². The maximum atomic E-state index is 13.1. The van der Waals surface area contributed by atoms with Crippen molar-refractivity contribution in [2.24, 2.45) is 0 Å². The van der Waals surface area contributed by atoms with Crippen LogP contribution in [0.3, 0.4) is 0 Å². The van der Waals surface area contributed by atoms with Crippen LogP contribution in [0.15, 0.2) is 41.0 Å². The van der Waals surface area contributed by atoms with E-state index in [1.165, 1.54) is 6.07 Å². The van der Waals surface area contributed by atoms with Crippen LogP contribution in [-0.4, -0.2) is 17.1 Å². The average Bonchev–Trinajstić information content (AvgIpc) is 2.41. The summed E-state index contributed by atoms with van der Waals surface area (Å²) in [4.78, 5) is 5.93. The number of nitrogens with zero attached hydrogens (tertiary/aromatic N) is 2. The van der Waals surface area contributed by atoms with Crippen molar-refractivity contribution in [3.63, 3.8) is 0 Å². The Morgan fingerprint density at radius 1 is 1.32 bits per heavy atom. The molecule has 0 aliphatic heterocycles. The lowest BCUT2D eigenvalue weighted by Crippen LogP contribution is -2.19. The van der Waals surface area contributed by atoms with Crippen LogP contribution >= 0.6 is 15.9 Å². The first kappa shape index (κ1) is 14.0. The fraction of sp³-hybridized carbons (Fsp3) is 0.214. The molecule has 0 radical (unpaired) electrons. The number of benzene rings is 1. The van der Waals surface area contributed by atoms with Crippen molar-refractivity contribution in [1.82, 2.24) is 4.98 Å². The van der Waals surface area contributed by atoms with E-state index in [-0.39, 0.29) is 6.61 Å². The summed E-state index contributed by atoms with van der Waals surface area (Å²) in [7, 11) is 1.86. The Hall–Kier alpha value is -1.46. The highest BCUT2D eigenvalue weighted by molar-refractivity contribution is 9.10. The standard InChI is InChI=1S/C14H14BrFN2O/c1-18(8-10-2-4-12(15)5-3-10)14-11(9-19)6-13(16)7-17-14/h2-7,19H,8-9H2,1H3. The van der Waals surface area contributed by atoms with E-state index >= 15 is 0 Å². The van der Waals surface area contributed by atoms with Crippen LogP contribution in [0.2, 0.25) is 0 Å². The van der Waals surface area contributed by atoms with E-state index in [0.717, 1.165) is 16.2 Å². The number of hydrogen-bond donors (Lipinski definition) is 1. The molecule has 1 N–H and O–H groups in total. The van der Waals surface area contributed by atoms with E-state index in [2.05, 4.69) is 20.9 Å². The fourth-order valence-electron chi connectivity index (χ4n) is 1.87. The summed E-state index contributed by atoms with van der Waals surface area (Å²) in [5.41, 5.74) is 1.60. The van der Waals surface area contributed by atoms with Crippen LogP contribution in [-0.2, 0) is 13.2 Å². The largest absolute Gasteiger partial charge is 0.392 e. The molecule has 0 bridgehead atoms. The molecule has 19 heavy (non-hydrogen) atoms. The van der Waals surface area contributed by atoms with Crippen LogP contribution < -0.4 is 4.90 Å². The minimum atomic E-state index is -0.440. The van der Waals surface area contributed by atoms with E-state index in [1.54, 1.807) is 0 Å². The van der Waals surface area contributed by atoms with Gasteiger partial charge in [0.15, 0.2) is 0 Å². The molecule has 100 valence electrons. The van der Waals surface area contributed by atoms with Crippen molar-refractivity contribution in [2.45, 2.75) is 13.2 Å². The van der Waals surface area contributed by atoms with Crippen molar-refractivity contribution in [3.8, 4) is 0 Å². The van der Waals surface area contributed by atoms with Gasteiger partial charge in [0.05, 0.1) is 12.8 Å². The molecule has 0 unspecified atom stereocenters. The highest BCUT2D eigenvalue weighted by Gasteiger charge is 2.10. The summed E-state index contributed by atoms with van der Waals surface area (Å²) in [6, 6.07) is 9.24. The van der Waals surface area contributed by atoms with E-state index in [4.69, 9.17) is 0 Å². The number of aliphatic hydroxyl groups is 1. The molecule has 0 saturated heterocycles. The Morgan fingerprint density at radius 3 is 2.63 bits per heavy atom. The molecule has 0 saturated carbocycles. The lowest BCUT2D eigenvalue weighted by molar-refractivity contribution is 0.281. The number of pyridine rings is 1. The second-order valence-corrected chi connectivity index (χ2v) is 5.19. The number of halogens is 2. The molecule has 1 aromatic carbocycles. The van der Waals surface area contributed by atoms with Gasteiger partial charge in [0.25, 0.3) is 0 Å². The van der Waals surface area contributed by atoms with Gasteiger partial charge in [-0.2, -0.15) is 0 Å². The lowest BCUT2D eigenvalue weighted by atomic mass is 10.2. The molecular weight excluding hydrogens is 311 g/mol. The summed E-state index contributed by atoms with van der Waals surface area (Å²) < 4.78 is 14.1. The molecule has 0 amide bonds. The van der Waals surface area contributed by atoms with Gasteiger partial charge in [0, 0.05) is 23.6 Å². The van der Waals surface area contributed by atoms with Crippen molar-refractivity contribution < 1.29 is 9.50 Å². The zero-order valence-electron chi connectivity index (χ0n) is 10.5. The minimum Gasteiger partial charge on any atom is -0.392 e. The summed E-state index contributed by atoms with van der Waals surface area (Å²) in [6.45, 7) is 0.406. The predicted octanol–water partition coefficient (Wildman–Crippen LogP) is 3.11. The highest BCUT2D eigenvalue weighted by atomic mass is 79.9. The zero-order valence-corrected chi connectivity index (χ0v) is 12.1. The van der Waals surface area contributed by atoms with Crippen molar-refractivity contribution in [2.75, 3.05) is 11.9 Å². The first-order valence-corrected chi connectivity index (χ1v) is 6.60. The zero-order chi connectivity index (χ0) is 13.8. The van der Waals surface area contributed by atoms with Crippen molar-refractivity contribution in [1.29, 1.82) is 0 Å². The molecule has 0 fully saturated rings. The summed E-state index contributed by atoms with van der Waals surface area (Å²) in [5.74, 6) is 0.150. The van der Waals surface area contributed by atoms with Gasteiger partial charge in [-0.3, -0.25) is 0 Å². The van der Waals surface area contributed by atoms with Crippen LogP contribution in [0, 0.1) is 5.82 Å². The molecular formula is C14H14BrFN2O. The number of rotatable bonds is 4. The minimum absolute atomic E-state index is 0.231. The molecule has 0 aliphatic rings. The molecule has 1 heterocycles. The smallest absolute Gasteiger partial charge is 0.142 e. The van der Waals surface area contributed by atoms with E-state index < -0.39 is 5.82 Å². The topological polar surface area (TPSA) is 36.4 Å². The summed E-state index contributed by atoms with van der Waals surface area (Å²) >= 11 is 3.39. The normalized spacial score (nSPS) is 10.5. The van der Waals surface area contributed by atoms with E-state index in [9.17, 15) is 9.50 Å². The molecule has 0 atom stereocenters. The van der Waals surface area contributed by atoms with Crippen LogP contribution in [0.4, 0.5) is 10.2 Å². The Morgan fingerprint density at radius 2 is 2.00 bits per heavy atom. The Balaban J connectivity index is 2.19. The van der Waals surface area contributed by atoms with Gasteiger partial charge >= 0.3 is 0 Å². The fourth-order valence-corrected chi connectivity index (χ4v) is 2.14. The van der Waals surface area contributed by atoms with Crippen molar-refractivity contribution >= 4 is 21.7 Å². The third-order valence-corrected chi connectivity index (χ3v) is 3.30. The maximum Gasteiger partial charge on any atom is 0.142 e. The second-order valence-electron chi connectivity index (χ2n) is 4.28. The van der Waals surface area contributed by atoms with Crippen LogP contribution in [0.5, 0.6) is 0 Å². The summed E-state index contributed by atoms with van der Waals surface area (Å²) in [5, 5.41) is 9.25. The number of aromatic nitrogens is 1. The van der Waals surface area contributed by atoms with Gasteiger partial charge in [-0.15, -0.1) is 0 Å². The molecule has 2 aromatic rings. The van der Waals surface area contributed by atoms with E-state index in [1.807, 2.05) is 36.2 Å². The molecule has 1 aromatic heterocycles. The number of hydrogen-bond acceptors (Lipinski definition) is 3. The quantitative estimate of drug-likeness (QED) is 0.938. The molecule has 3 nitrogen and oxygen atoms in total. The third kappa shape index (κ3) is 3.52. The van der Waals surface area contributed by atoms with Crippen LogP contribution in [0.25, 0.3) is 0 Å². The number of aliphatic hydroxyl groups excluding tert-OH is 1. The monoisotopic (exact) mass is 324 g/mol.